The van der Waals surface area contributed by atoms with Crippen molar-refractivity contribution >= 4 is 23.7 Å². The zero-order chi connectivity index (χ0) is 18.8. The van der Waals surface area contributed by atoms with Crippen LogP contribution in [0.3, 0.4) is 0 Å². The molecule has 1 aromatic carbocycles. The Morgan fingerprint density at radius 2 is 1.77 bits per heavy atom. The first-order chi connectivity index (χ1) is 12.4. The first-order valence-electron chi connectivity index (χ1n) is 8.35. The van der Waals surface area contributed by atoms with Crippen LogP contribution in [0.15, 0.2) is 30.5 Å². The maximum Gasteiger partial charge on any atom is 0.338 e. The van der Waals surface area contributed by atoms with E-state index in [-0.39, 0.29) is 17.8 Å². The highest BCUT2D eigenvalue weighted by molar-refractivity contribution is 5.93. The highest BCUT2D eigenvalue weighted by Gasteiger charge is 2.29. The molecule has 2 amide bonds. The maximum atomic E-state index is 11.9. The summed E-state index contributed by atoms with van der Waals surface area (Å²) in [5.74, 6) is -0.238. The molecule has 1 aromatic heterocycles. The molecule has 0 atom stereocenters. The molecule has 0 unspecified atom stereocenters. The van der Waals surface area contributed by atoms with Crippen molar-refractivity contribution in [2.75, 3.05) is 29.6 Å². The number of carbonyl (C=O) groups is 3. The van der Waals surface area contributed by atoms with Gasteiger partial charge in [-0.25, -0.2) is 19.5 Å². The molecule has 0 radical (unpaired) electrons. The summed E-state index contributed by atoms with van der Waals surface area (Å²) in [7, 11) is 0. The van der Waals surface area contributed by atoms with Gasteiger partial charge in [0.1, 0.15) is 0 Å². The SMILES string of the molecule is CCOC(=O)c1ccc(-c2cn3c(n2)N(C(C)=O)CCN3C(C)=O)cc1. The highest BCUT2D eigenvalue weighted by Crippen LogP contribution is 2.26. The number of rotatable bonds is 3. The Balaban J connectivity index is 1.97. The van der Waals surface area contributed by atoms with Gasteiger partial charge in [-0.2, -0.15) is 0 Å². The summed E-state index contributed by atoms with van der Waals surface area (Å²) in [6, 6.07) is 6.85. The predicted octanol–water partition coefficient (Wildman–Crippen LogP) is 1.58. The van der Waals surface area contributed by atoms with Crippen molar-refractivity contribution in [3.8, 4) is 11.3 Å². The summed E-state index contributed by atoms with van der Waals surface area (Å²) < 4.78 is 6.57. The average Bonchev–Trinajstić information content (AvgIpc) is 3.05. The minimum Gasteiger partial charge on any atom is -0.462 e. The molecular weight excluding hydrogens is 336 g/mol. The normalized spacial score (nSPS) is 13.3. The molecule has 0 spiro atoms. The van der Waals surface area contributed by atoms with Crippen LogP contribution in [0.4, 0.5) is 5.95 Å². The second-order valence-corrected chi connectivity index (χ2v) is 5.88. The van der Waals surface area contributed by atoms with Gasteiger partial charge in [-0.05, 0) is 19.1 Å². The lowest BCUT2D eigenvalue weighted by atomic mass is 10.1. The summed E-state index contributed by atoms with van der Waals surface area (Å²) in [5.41, 5.74) is 1.83. The third-order valence-corrected chi connectivity index (χ3v) is 4.14. The lowest BCUT2D eigenvalue weighted by molar-refractivity contribution is -0.119. The van der Waals surface area contributed by atoms with Crippen molar-refractivity contribution in [2.24, 2.45) is 0 Å². The van der Waals surface area contributed by atoms with Crippen LogP contribution in [0.1, 0.15) is 31.1 Å². The fourth-order valence-electron chi connectivity index (χ4n) is 2.86. The van der Waals surface area contributed by atoms with Gasteiger partial charge in [-0.3, -0.25) is 14.5 Å². The van der Waals surface area contributed by atoms with Gasteiger partial charge in [0.2, 0.25) is 17.8 Å². The molecule has 2 aromatic rings. The fraction of sp³-hybridized carbons (Fsp3) is 0.333. The van der Waals surface area contributed by atoms with Crippen LogP contribution in [-0.2, 0) is 14.3 Å². The maximum absolute atomic E-state index is 11.9. The van der Waals surface area contributed by atoms with E-state index in [0.29, 0.717) is 36.9 Å². The minimum atomic E-state index is -0.381. The van der Waals surface area contributed by atoms with Gasteiger partial charge in [-0.1, -0.05) is 12.1 Å². The smallest absolute Gasteiger partial charge is 0.338 e. The monoisotopic (exact) mass is 356 g/mol. The van der Waals surface area contributed by atoms with Crippen molar-refractivity contribution in [3.63, 3.8) is 0 Å². The lowest BCUT2D eigenvalue weighted by Crippen LogP contribution is -2.51. The van der Waals surface area contributed by atoms with Crippen molar-refractivity contribution in [2.45, 2.75) is 20.8 Å². The molecule has 0 fully saturated rings. The number of hydrogen-bond acceptors (Lipinski definition) is 5. The van der Waals surface area contributed by atoms with Crippen molar-refractivity contribution in [1.29, 1.82) is 0 Å². The fourth-order valence-corrected chi connectivity index (χ4v) is 2.86. The Bertz CT molecular complexity index is 817. The average molecular weight is 356 g/mol. The van der Waals surface area contributed by atoms with Gasteiger partial charge in [-0.15, -0.1) is 0 Å². The van der Waals surface area contributed by atoms with E-state index in [2.05, 4.69) is 4.98 Å². The molecule has 136 valence electrons. The minimum absolute atomic E-state index is 0.129. The zero-order valence-electron chi connectivity index (χ0n) is 14.9. The van der Waals surface area contributed by atoms with Gasteiger partial charge in [0.15, 0.2) is 0 Å². The third-order valence-electron chi connectivity index (χ3n) is 4.14. The van der Waals surface area contributed by atoms with Crippen molar-refractivity contribution in [3.05, 3.63) is 36.0 Å². The standard InChI is InChI=1S/C18H20N4O4/c1-4-26-17(25)15-7-5-14(6-8-15)16-11-22-18(19-16)20(12(2)23)9-10-21(22)13(3)24/h5-8,11H,4,9-10H2,1-3H3. The summed E-state index contributed by atoms with van der Waals surface area (Å²) in [4.78, 5) is 41.6. The molecule has 2 heterocycles. The summed E-state index contributed by atoms with van der Waals surface area (Å²) in [6.45, 7) is 5.81. The largest absolute Gasteiger partial charge is 0.462 e. The molecule has 8 heteroatoms. The Hall–Kier alpha value is -3.16. The second kappa shape index (κ2) is 6.99. The number of fused-ring (bicyclic) bond motifs is 1. The van der Waals surface area contributed by atoms with Crippen molar-refractivity contribution < 1.29 is 19.1 Å². The van der Waals surface area contributed by atoms with Crippen LogP contribution in [0, 0.1) is 0 Å². The summed E-state index contributed by atoms with van der Waals surface area (Å²) >= 11 is 0. The molecule has 8 nitrogen and oxygen atoms in total. The van der Waals surface area contributed by atoms with Crippen LogP contribution in [0.25, 0.3) is 11.3 Å². The number of carbonyl (C=O) groups excluding carboxylic acids is 3. The van der Waals surface area contributed by atoms with E-state index >= 15 is 0 Å². The van der Waals surface area contributed by atoms with E-state index in [9.17, 15) is 14.4 Å². The van der Waals surface area contributed by atoms with E-state index in [1.807, 2.05) is 0 Å². The van der Waals surface area contributed by atoms with E-state index in [1.165, 1.54) is 23.8 Å². The Labute approximate surface area is 150 Å². The number of benzene rings is 1. The zero-order valence-corrected chi connectivity index (χ0v) is 14.9. The second-order valence-electron chi connectivity index (χ2n) is 5.88. The molecule has 0 aliphatic carbocycles. The number of esters is 1. The lowest BCUT2D eigenvalue weighted by Gasteiger charge is -2.33. The molecule has 26 heavy (non-hydrogen) atoms. The van der Waals surface area contributed by atoms with Gasteiger partial charge < -0.3 is 4.74 Å². The van der Waals surface area contributed by atoms with Gasteiger partial charge in [0, 0.05) is 26.0 Å². The molecule has 0 saturated carbocycles. The Morgan fingerprint density at radius 3 is 2.35 bits per heavy atom. The molecule has 1 aliphatic heterocycles. The molecule has 0 saturated heterocycles. The van der Waals surface area contributed by atoms with Crippen LogP contribution < -0.4 is 9.91 Å². The number of amides is 2. The predicted molar refractivity (Wildman–Crippen MR) is 95.4 cm³/mol. The van der Waals surface area contributed by atoms with Crippen LogP contribution in [0.5, 0.6) is 0 Å². The number of nitrogens with zero attached hydrogens (tertiary/aromatic N) is 4. The molecule has 3 rings (SSSR count). The summed E-state index contributed by atoms with van der Waals surface area (Å²) in [6.07, 6.45) is 1.71. The highest BCUT2D eigenvalue weighted by atomic mass is 16.5. The van der Waals surface area contributed by atoms with Crippen LogP contribution in [0.2, 0.25) is 0 Å². The van der Waals surface area contributed by atoms with E-state index in [1.54, 1.807) is 42.1 Å². The Morgan fingerprint density at radius 1 is 1.08 bits per heavy atom. The van der Waals surface area contributed by atoms with Gasteiger partial charge in [0.25, 0.3) is 0 Å². The van der Waals surface area contributed by atoms with Crippen LogP contribution >= 0.6 is 0 Å². The number of ether oxygens (including phenoxy) is 1. The number of imidazole rings is 1. The number of hydrogen-bond donors (Lipinski definition) is 0. The Kier molecular flexibility index (Phi) is 4.75. The first-order valence-corrected chi connectivity index (χ1v) is 8.35. The van der Waals surface area contributed by atoms with E-state index in [0.717, 1.165) is 5.56 Å². The van der Waals surface area contributed by atoms with E-state index < -0.39 is 0 Å². The molecule has 0 bridgehead atoms. The third kappa shape index (κ3) is 3.17. The molecule has 1 aliphatic rings. The molecular formula is C18H20N4O4. The van der Waals surface area contributed by atoms with Crippen molar-refractivity contribution in [1.82, 2.24) is 9.66 Å². The van der Waals surface area contributed by atoms with E-state index in [4.69, 9.17) is 4.74 Å². The summed E-state index contributed by atoms with van der Waals surface area (Å²) in [5, 5.41) is 1.54. The topological polar surface area (TPSA) is 84.7 Å². The van der Waals surface area contributed by atoms with Gasteiger partial charge in [0.05, 0.1) is 30.6 Å². The first kappa shape index (κ1) is 17.7. The number of aromatic nitrogens is 2. The van der Waals surface area contributed by atoms with Crippen LogP contribution in [-0.4, -0.2) is 47.1 Å². The number of anilines is 1. The van der Waals surface area contributed by atoms with Gasteiger partial charge >= 0.3 is 5.97 Å². The molecule has 0 N–H and O–H groups in total. The quantitative estimate of drug-likeness (QED) is 0.780.